The highest BCUT2D eigenvalue weighted by Crippen LogP contribution is 2.25. The van der Waals surface area contributed by atoms with E-state index in [2.05, 4.69) is 5.10 Å². The number of carbonyl (C=O) groups excluding carboxylic acids is 1. The molecule has 0 unspecified atom stereocenters. The molecule has 5 nitrogen and oxygen atoms in total. The van der Waals surface area contributed by atoms with Gasteiger partial charge in [-0.15, -0.1) is 11.8 Å². The molecule has 0 aliphatic carbocycles. The largest absolute Gasteiger partial charge is 0.347 e. The Hall–Kier alpha value is -3.12. The molecule has 0 spiro atoms. The standard InChI is InChI=1S/C23H21N3O2S/c1-15-23(18-6-4-5-7-20(18)25(15)2)21(27)14-26-22(28)13-12-19(24-26)16-8-10-17(29-3)11-9-16/h4-13H,14H2,1-3H3. The quantitative estimate of drug-likeness (QED) is 0.368. The third-order valence-corrected chi connectivity index (χ3v) is 5.97. The number of fused-ring (bicyclic) bond motifs is 1. The lowest BCUT2D eigenvalue weighted by Crippen LogP contribution is -2.26. The van der Waals surface area contributed by atoms with Crippen molar-refractivity contribution in [3.8, 4) is 11.3 Å². The molecule has 0 radical (unpaired) electrons. The molecule has 6 heteroatoms. The van der Waals surface area contributed by atoms with Crippen molar-refractivity contribution < 1.29 is 4.79 Å². The summed E-state index contributed by atoms with van der Waals surface area (Å²) >= 11 is 1.67. The Morgan fingerprint density at radius 1 is 1.03 bits per heavy atom. The van der Waals surface area contributed by atoms with E-state index < -0.39 is 0 Å². The second-order valence-corrected chi connectivity index (χ2v) is 7.78. The number of rotatable bonds is 5. The minimum atomic E-state index is -0.291. The van der Waals surface area contributed by atoms with Crippen molar-refractivity contribution in [2.75, 3.05) is 6.26 Å². The number of para-hydroxylation sites is 1. The van der Waals surface area contributed by atoms with Crippen LogP contribution in [0.2, 0.25) is 0 Å². The molecule has 2 heterocycles. The summed E-state index contributed by atoms with van der Waals surface area (Å²) in [6.07, 6.45) is 2.02. The summed E-state index contributed by atoms with van der Waals surface area (Å²) in [7, 11) is 1.94. The van der Waals surface area contributed by atoms with Crippen LogP contribution in [0.3, 0.4) is 0 Å². The number of Topliss-reactive ketones (excluding diaryl/α,β-unsaturated/α-hetero) is 1. The maximum Gasteiger partial charge on any atom is 0.267 e. The van der Waals surface area contributed by atoms with Crippen LogP contribution in [0.4, 0.5) is 0 Å². The third-order valence-electron chi connectivity index (χ3n) is 5.22. The van der Waals surface area contributed by atoms with Gasteiger partial charge < -0.3 is 4.57 Å². The Bertz CT molecular complexity index is 1270. The number of thioether (sulfide) groups is 1. The predicted octanol–water partition coefficient (Wildman–Crippen LogP) is 4.32. The van der Waals surface area contributed by atoms with Gasteiger partial charge in [0.1, 0.15) is 6.54 Å². The number of hydrogen-bond donors (Lipinski definition) is 0. The zero-order valence-corrected chi connectivity index (χ0v) is 17.4. The van der Waals surface area contributed by atoms with Gasteiger partial charge in [-0.2, -0.15) is 5.10 Å². The van der Waals surface area contributed by atoms with Crippen molar-refractivity contribution in [3.05, 3.63) is 82.3 Å². The van der Waals surface area contributed by atoms with E-state index in [0.29, 0.717) is 11.3 Å². The number of carbonyl (C=O) groups is 1. The average Bonchev–Trinajstić information content (AvgIpc) is 3.00. The number of aromatic nitrogens is 3. The van der Waals surface area contributed by atoms with Gasteiger partial charge in [-0.25, -0.2) is 4.68 Å². The second kappa shape index (κ2) is 7.72. The van der Waals surface area contributed by atoms with Crippen molar-refractivity contribution in [2.45, 2.75) is 18.4 Å². The Morgan fingerprint density at radius 2 is 1.76 bits per heavy atom. The predicted molar refractivity (Wildman–Crippen MR) is 118 cm³/mol. The van der Waals surface area contributed by atoms with Crippen molar-refractivity contribution >= 4 is 28.4 Å². The van der Waals surface area contributed by atoms with Gasteiger partial charge >= 0.3 is 0 Å². The van der Waals surface area contributed by atoms with E-state index in [1.165, 1.54) is 10.7 Å². The van der Waals surface area contributed by atoms with Crippen molar-refractivity contribution in [2.24, 2.45) is 7.05 Å². The summed E-state index contributed by atoms with van der Waals surface area (Å²) in [5.41, 5.74) is 3.81. The number of benzene rings is 2. The first-order valence-corrected chi connectivity index (χ1v) is 10.5. The molecule has 0 bridgehead atoms. The van der Waals surface area contributed by atoms with E-state index >= 15 is 0 Å². The van der Waals surface area contributed by atoms with Crippen molar-refractivity contribution in [1.29, 1.82) is 0 Å². The number of aryl methyl sites for hydroxylation is 1. The van der Waals surface area contributed by atoms with Crippen LogP contribution in [0, 0.1) is 6.92 Å². The lowest BCUT2D eigenvalue weighted by Gasteiger charge is -2.08. The first-order chi connectivity index (χ1) is 14.0. The molecule has 146 valence electrons. The zero-order chi connectivity index (χ0) is 20.5. The molecular weight excluding hydrogens is 382 g/mol. The highest BCUT2D eigenvalue weighted by atomic mass is 32.2. The summed E-state index contributed by atoms with van der Waals surface area (Å²) in [6.45, 7) is 1.83. The number of hydrogen-bond acceptors (Lipinski definition) is 4. The van der Waals surface area contributed by atoms with Crippen LogP contribution in [0.25, 0.3) is 22.2 Å². The van der Waals surface area contributed by atoms with Crippen molar-refractivity contribution in [3.63, 3.8) is 0 Å². The maximum absolute atomic E-state index is 13.1. The minimum Gasteiger partial charge on any atom is -0.347 e. The lowest BCUT2D eigenvalue weighted by atomic mass is 10.1. The summed E-state index contributed by atoms with van der Waals surface area (Å²) in [6, 6.07) is 18.9. The first-order valence-electron chi connectivity index (χ1n) is 9.29. The van der Waals surface area contributed by atoms with Crippen LogP contribution >= 0.6 is 11.8 Å². The Labute approximate surface area is 173 Å². The maximum atomic E-state index is 13.1. The van der Waals surface area contributed by atoms with Gasteiger partial charge in [0, 0.05) is 45.7 Å². The van der Waals surface area contributed by atoms with Gasteiger partial charge in [-0.1, -0.05) is 30.3 Å². The highest BCUT2D eigenvalue weighted by molar-refractivity contribution is 7.98. The van der Waals surface area contributed by atoms with Crippen LogP contribution < -0.4 is 5.56 Å². The first kappa shape index (κ1) is 19.2. The van der Waals surface area contributed by atoms with E-state index in [9.17, 15) is 9.59 Å². The van der Waals surface area contributed by atoms with Gasteiger partial charge in [0.05, 0.1) is 5.69 Å². The average molecular weight is 404 g/mol. The van der Waals surface area contributed by atoms with Crippen LogP contribution in [-0.2, 0) is 13.6 Å². The summed E-state index contributed by atoms with van der Waals surface area (Å²) in [5, 5.41) is 5.35. The minimum absolute atomic E-state index is 0.0928. The lowest BCUT2D eigenvalue weighted by molar-refractivity contribution is 0.0966. The van der Waals surface area contributed by atoms with E-state index in [1.807, 2.05) is 73.3 Å². The monoisotopic (exact) mass is 403 g/mol. The van der Waals surface area contributed by atoms with Gasteiger partial charge in [-0.3, -0.25) is 9.59 Å². The normalized spacial score (nSPS) is 11.1. The SMILES string of the molecule is CSc1ccc(-c2ccc(=O)n(CC(=O)c3c(C)n(C)c4ccccc34)n2)cc1. The molecule has 4 rings (SSSR count). The molecule has 29 heavy (non-hydrogen) atoms. The molecule has 0 aliphatic heterocycles. The molecule has 2 aromatic heterocycles. The van der Waals surface area contributed by atoms with E-state index in [-0.39, 0.29) is 17.9 Å². The molecule has 0 fully saturated rings. The second-order valence-electron chi connectivity index (χ2n) is 6.90. The molecule has 0 amide bonds. The smallest absolute Gasteiger partial charge is 0.267 e. The fourth-order valence-corrected chi connectivity index (χ4v) is 3.97. The molecule has 0 aliphatic rings. The van der Waals surface area contributed by atoms with Crippen LogP contribution in [0.5, 0.6) is 0 Å². The zero-order valence-electron chi connectivity index (χ0n) is 16.5. The molecule has 0 saturated heterocycles. The number of ketones is 1. The van der Waals surface area contributed by atoms with Gasteiger partial charge in [-0.05, 0) is 37.4 Å². The summed E-state index contributed by atoms with van der Waals surface area (Å²) in [4.78, 5) is 26.6. The Balaban J connectivity index is 1.70. The van der Waals surface area contributed by atoms with Gasteiger partial charge in [0.2, 0.25) is 0 Å². The fraction of sp³-hybridized carbons (Fsp3) is 0.174. The van der Waals surface area contributed by atoms with Crippen molar-refractivity contribution in [1.82, 2.24) is 14.3 Å². The fourth-order valence-electron chi connectivity index (χ4n) is 3.57. The highest BCUT2D eigenvalue weighted by Gasteiger charge is 2.19. The molecule has 0 N–H and O–H groups in total. The number of nitrogens with zero attached hydrogens (tertiary/aromatic N) is 3. The van der Waals surface area contributed by atoms with E-state index in [1.54, 1.807) is 17.8 Å². The van der Waals surface area contributed by atoms with Crippen LogP contribution in [0.15, 0.2) is 70.4 Å². The summed E-state index contributed by atoms with van der Waals surface area (Å²) < 4.78 is 3.25. The van der Waals surface area contributed by atoms with Crippen LogP contribution in [-0.4, -0.2) is 26.4 Å². The van der Waals surface area contributed by atoms with Gasteiger partial charge in [0.15, 0.2) is 5.78 Å². The topological polar surface area (TPSA) is 56.9 Å². The Kier molecular flexibility index (Phi) is 5.11. The van der Waals surface area contributed by atoms with Crippen LogP contribution in [0.1, 0.15) is 16.1 Å². The molecule has 0 saturated carbocycles. The third kappa shape index (κ3) is 3.51. The molecule has 0 atom stereocenters. The molecule has 2 aromatic carbocycles. The van der Waals surface area contributed by atoms with E-state index in [0.717, 1.165) is 27.1 Å². The summed E-state index contributed by atoms with van der Waals surface area (Å²) in [5.74, 6) is -0.121. The Morgan fingerprint density at radius 3 is 2.48 bits per heavy atom. The molecule has 4 aromatic rings. The molecular formula is C23H21N3O2S. The van der Waals surface area contributed by atoms with E-state index in [4.69, 9.17) is 0 Å². The van der Waals surface area contributed by atoms with Gasteiger partial charge in [0.25, 0.3) is 5.56 Å².